The van der Waals surface area contributed by atoms with Crippen LogP contribution < -0.4 is 5.32 Å². The highest BCUT2D eigenvalue weighted by molar-refractivity contribution is 6.18. The van der Waals surface area contributed by atoms with Crippen LogP contribution in [0.2, 0.25) is 0 Å². The van der Waals surface area contributed by atoms with Crippen molar-refractivity contribution >= 4 is 28.4 Å². The number of hydrogen-bond donors (Lipinski definition) is 1. The molecule has 90 valence electrons. The van der Waals surface area contributed by atoms with E-state index in [1.54, 1.807) is 12.5 Å². The van der Waals surface area contributed by atoms with Crippen molar-refractivity contribution in [3.05, 3.63) is 24.6 Å². The Bertz CT molecular complexity index is 511. The molecular formula is C13H15ClN2O. The standard InChI is InChI=1S/C13H15ClN2O/c14-8-9-2-1-3-11(9)16-13-10-5-7-17-12(10)4-6-15-13/h4-7,9,11H,1-3,8H2,(H,15,16). The number of hydrogen-bond acceptors (Lipinski definition) is 3. The maximum absolute atomic E-state index is 5.99. The highest BCUT2D eigenvalue weighted by atomic mass is 35.5. The Morgan fingerprint density at radius 3 is 3.24 bits per heavy atom. The van der Waals surface area contributed by atoms with Crippen LogP contribution in [0.1, 0.15) is 19.3 Å². The van der Waals surface area contributed by atoms with Crippen LogP contribution in [0.3, 0.4) is 0 Å². The van der Waals surface area contributed by atoms with E-state index in [2.05, 4.69) is 10.3 Å². The van der Waals surface area contributed by atoms with Gasteiger partial charge in [-0.1, -0.05) is 6.42 Å². The number of alkyl halides is 1. The average molecular weight is 251 g/mol. The molecule has 1 fully saturated rings. The maximum atomic E-state index is 5.99. The maximum Gasteiger partial charge on any atom is 0.139 e. The Labute approximate surface area is 105 Å². The highest BCUT2D eigenvalue weighted by Crippen LogP contribution is 2.31. The van der Waals surface area contributed by atoms with Gasteiger partial charge in [-0.3, -0.25) is 0 Å². The predicted molar refractivity (Wildman–Crippen MR) is 69.5 cm³/mol. The minimum absolute atomic E-state index is 0.445. The third kappa shape index (κ3) is 2.00. The van der Waals surface area contributed by atoms with Crippen molar-refractivity contribution in [3.8, 4) is 0 Å². The summed E-state index contributed by atoms with van der Waals surface area (Å²) >= 11 is 5.99. The van der Waals surface area contributed by atoms with Gasteiger partial charge in [-0.05, 0) is 30.9 Å². The fourth-order valence-electron chi connectivity index (χ4n) is 2.60. The summed E-state index contributed by atoms with van der Waals surface area (Å²) in [4.78, 5) is 4.40. The fraction of sp³-hybridized carbons (Fsp3) is 0.462. The molecule has 3 nitrogen and oxygen atoms in total. The van der Waals surface area contributed by atoms with Crippen LogP contribution in [-0.4, -0.2) is 16.9 Å². The Morgan fingerprint density at radius 1 is 1.41 bits per heavy atom. The van der Waals surface area contributed by atoms with E-state index in [-0.39, 0.29) is 0 Å². The van der Waals surface area contributed by atoms with Crippen molar-refractivity contribution in [1.29, 1.82) is 0 Å². The molecule has 1 saturated carbocycles. The summed E-state index contributed by atoms with van der Waals surface area (Å²) in [5.41, 5.74) is 0.878. The molecule has 0 aromatic carbocycles. The lowest BCUT2D eigenvalue weighted by molar-refractivity contribution is 0.561. The van der Waals surface area contributed by atoms with E-state index in [0.717, 1.165) is 22.7 Å². The number of aromatic nitrogens is 1. The monoisotopic (exact) mass is 250 g/mol. The molecule has 1 aliphatic carbocycles. The number of furan rings is 1. The Balaban J connectivity index is 1.87. The van der Waals surface area contributed by atoms with Gasteiger partial charge >= 0.3 is 0 Å². The van der Waals surface area contributed by atoms with Gasteiger partial charge in [0.25, 0.3) is 0 Å². The van der Waals surface area contributed by atoms with Crippen LogP contribution in [0.25, 0.3) is 11.0 Å². The van der Waals surface area contributed by atoms with Crippen molar-refractivity contribution in [3.63, 3.8) is 0 Å². The van der Waals surface area contributed by atoms with Crippen molar-refractivity contribution in [1.82, 2.24) is 4.98 Å². The van der Waals surface area contributed by atoms with E-state index in [1.165, 1.54) is 19.3 Å². The van der Waals surface area contributed by atoms with Crippen LogP contribution in [0.4, 0.5) is 5.82 Å². The molecule has 2 aromatic heterocycles. The number of fused-ring (bicyclic) bond motifs is 1. The lowest BCUT2D eigenvalue weighted by atomic mass is 10.1. The number of pyridine rings is 1. The zero-order valence-corrected chi connectivity index (χ0v) is 10.3. The summed E-state index contributed by atoms with van der Waals surface area (Å²) in [7, 11) is 0. The Morgan fingerprint density at radius 2 is 2.35 bits per heavy atom. The van der Waals surface area contributed by atoms with Gasteiger partial charge in [-0.25, -0.2) is 4.98 Å². The average Bonchev–Trinajstić information content (AvgIpc) is 2.97. The smallest absolute Gasteiger partial charge is 0.139 e. The number of halogens is 1. The lowest BCUT2D eigenvalue weighted by Gasteiger charge is -2.19. The van der Waals surface area contributed by atoms with Crippen molar-refractivity contribution in [2.24, 2.45) is 5.92 Å². The summed E-state index contributed by atoms with van der Waals surface area (Å²) in [6.45, 7) is 0. The van der Waals surface area contributed by atoms with E-state index in [0.29, 0.717) is 12.0 Å². The molecule has 4 heteroatoms. The van der Waals surface area contributed by atoms with Gasteiger partial charge in [0.1, 0.15) is 11.4 Å². The molecule has 0 saturated heterocycles. The van der Waals surface area contributed by atoms with Gasteiger partial charge < -0.3 is 9.73 Å². The molecule has 2 unspecified atom stereocenters. The lowest BCUT2D eigenvalue weighted by Crippen LogP contribution is -2.25. The second kappa shape index (κ2) is 4.57. The minimum atomic E-state index is 0.445. The second-order valence-electron chi connectivity index (χ2n) is 4.59. The summed E-state index contributed by atoms with van der Waals surface area (Å²) in [6, 6.07) is 4.28. The van der Waals surface area contributed by atoms with Crippen LogP contribution >= 0.6 is 11.6 Å². The molecule has 2 heterocycles. The third-order valence-electron chi connectivity index (χ3n) is 3.56. The third-order valence-corrected chi connectivity index (χ3v) is 3.96. The SMILES string of the molecule is ClCC1CCCC1Nc1nccc2occc12. The highest BCUT2D eigenvalue weighted by Gasteiger charge is 2.27. The van der Waals surface area contributed by atoms with Crippen molar-refractivity contribution in [2.75, 3.05) is 11.2 Å². The molecule has 1 N–H and O–H groups in total. The molecule has 3 rings (SSSR count). The topological polar surface area (TPSA) is 38.1 Å². The first-order chi connectivity index (χ1) is 8.38. The zero-order valence-electron chi connectivity index (χ0n) is 9.53. The summed E-state index contributed by atoms with van der Waals surface area (Å²) in [6.07, 6.45) is 7.11. The van der Waals surface area contributed by atoms with E-state index in [4.69, 9.17) is 16.0 Å². The first-order valence-electron chi connectivity index (χ1n) is 6.03. The van der Waals surface area contributed by atoms with Gasteiger partial charge in [-0.15, -0.1) is 11.6 Å². The van der Waals surface area contributed by atoms with Gasteiger partial charge in [-0.2, -0.15) is 0 Å². The number of anilines is 1. The van der Waals surface area contributed by atoms with Crippen LogP contribution in [0.5, 0.6) is 0 Å². The molecule has 0 aliphatic heterocycles. The molecule has 0 spiro atoms. The Hall–Kier alpha value is -1.22. The van der Waals surface area contributed by atoms with E-state index >= 15 is 0 Å². The zero-order chi connectivity index (χ0) is 11.7. The van der Waals surface area contributed by atoms with Crippen molar-refractivity contribution in [2.45, 2.75) is 25.3 Å². The molecule has 2 aromatic rings. The minimum Gasteiger partial charge on any atom is -0.464 e. The van der Waals surface area contributed by atoms with Crippen molar-refractivity contribution < 1.29 is 4.42 Å². The predicted octanol–water partition coefficient (Wildman–Crippen LogP) is 3.65. The van der Waals surface area contributed by atoms with Crippen LogP contribution in [0, 0.1) is 5.92 Å². The summed E-state index contributed by atoms with van der Waals surface area (Å²) < 4.78 is 5.37. The Kier molecular flexibility index (Phi) is 2.93. The van der Waals surface area contributed by atoms with Crippen LogP contribution in [-0.2, 0) is 0 Å². The summed E-state index contributed by atoms with van der Waals surface area (Å²) in [5, 5.41) is 4.56. The number of rotatable bonds is 3. The first kappa shape index (κ1) is 10.9. The second-order valence-corrected chi connectivity index (χ2v) is 4.90. The molecule has 0 radical (unpaired) electrons. The molecule has 0 bridgehead atoms. The van der Waals surface area contributed by atoms with E-state index in [1.807, 2.05) is 12.1 Å². The largest absolute Gasteiger partial charge is 0.464 e. The van der Waals surface area contributed by atoms with E-state index < -0.39 is 0 Å². The van der Waals surface area contributed by atoms with Gasteiger partial charge in [0.15, 0.2) is 0 Å². The fourth-order valence-corrected chi connectivity index (χ4v) is 2.97. The number of nitrogens with zero attached hydrogens (tertiary/aromatic N) is 1. The molecule has 17 heavy (non-hydrogen) atoms. The molecule has 2 atom stereocenters. The molecule has 0 amide bonds. The first-order valence-corrected chi connectivity index (χ1v) is 6.56. The summed E-state index contributed by atoms with van der Waals surface area (Å²) in [5.74, 6) is 2.19. The molecule has 1 aliphatic rings. The van der Waals surface area contributed by atoms with Gasteiger partial charge in [0.2, 0.25) is 0 Å². The van der Waals surface area contributed by atoms with Gasteiger partial charge in [0.05, 0.1) is 11.6 Å². The van der Waals surface area contributed by atoms with Crippen LogP contribution in [0.15, 0.2) is 29.0 Å². The normalized spacial score (nSPS) is 24.3. The molecular weight excluding hydrogens is 236 g/mol. The number of nitrogens with one attached hydrogen (secondary N) is 1. The van der Waals surface area contributed by atoms with Gasteiger partial charge in [0, 0.05) is 18.1 Å². The quantitative estimate of drug-likeness (QED) is 0.845. The van der Waals surface area contributed by atoms with E-state index in [9.17, 15) is 0 Å².